The largest absolute Gasteiger partial charge is 0.256 e. The molecule has 0 bridgehead atoms. The summed E-state index contributed by atoms with van der Waals surface area (Å²) in [7, 11) is 0. The SMILES string of the molecule is Fc1cnc(Cl)nc1-c1cccc2ncccc12. The summed E-state index contributed by atoms with van der Waals surface area (Å²) in [6, 6.07) is 9.12. The highest BCUT2D eigenvalue weighted by molar-refractivity contribution is 6.28. The minimum atomic E-state index is -0.504. The first-order valence-electron chi connectivity index (χ1n) is 5.28. The van der Waals surface area contributed by atoms with E-state index in [9.17, 15) is 4.39 Å². The molecule has 0 fully saturated rings. The van der Waals surface area contributed by atoms with E-state index in [1.165, 1.54) is 0 Å². The molecule has 0 saturated heterocycles. The van der Waals surface area contributed by atoms with E-state index in [0.29, 0.717) is 5.56 Å². The predicted molar refractivity (Wildman–Crippen MR) is 67.7 cm³/mol. The van der Waals surface area contributed by atoms with Crippen LogP contribution < -0.4 is 0 Å². The van der Waals surface area contributed by atoms with Crippen molar-refractivity contribution in [2.24, 2.45) is 0 Å². The molecule has 0 unspecified atom stereocenters. The fourth-order valence-electron chi connectivity index (χ4n) is 1.84. The smallest absolute Gasteiger partial charge is 0.223 e. The van der Waals surface area contributed by atoms with Crippen LogP contribution in [-0.4, -0.2) is 15.0 Å². The average Bonchev–Trinajstić information content (AvgIpc) is 2.41. The Morgan fingerprint density at radius 3 is 2.83 bits per heavy atom. The van der Waals surface area contributed by atoms with Gasteiger partial charge in [-0.05, 0) is 23.7 Å². The molecule has 3 nitrogen and oxygen atoms in total. The van der Waals surface area contributed by atoms with Crippen molar-refractivity contribution >= 4 is 22.5 Å². The van der Waals surface area contributed by atoms with Crippen molar-refractivity contribution in [2.75, 3.05) is 0 Å². The number of rotatable bonds is 1. The van der Waals surface area contributed by atoms with Gasteiger partial charge in [-0.1, -0.05) is 18.2 Å². The third kappa shape index (κ3) is 1.80. The number of nitrogens with zero attached hydrogens (tertiary/aromatic N) is 3. The van der Waals surface area contributed by atoms with Gasteiger partial charge in [0.05, 0.1) is 11.7 Å². The van der Waals surface area contributed by atoms with Crippen molar-refractivity contribution in [1.29, 1.82) is 0 Å². The van der Waals surface area contributed by atoms with Gasteiger partial charge in [0.1, 0.15) is 5.69 Å². The lowest BCUT2D eigenvalue weighted by Crippen LogP contribution is -1.93. The molecule has 3 aromatic rings. The van der Waals surface area contributed by atoms with E-state index in [1.807, 2.05) is 12.1 Å². The van der Waals surface area contributed by atoms with Gasteiger partial charge < -0.3 is 0 Å². The van der Waals surface area contributed by atoms with Crippen molar-refractivity contribution in [1.82, 2.24) is 15.0 Å². The lowest BCUT2D eigenvalue weighted by atomic mass is 10.1. The summed E-state index contributed by atoms with van der Waals surface area (Å²) in [4.78, 5) is 11.8. The normalized spacial score (nSPS) is 10.8. The molecule has 3 rings (SSSR count). The van der Waals surface area contributed by atoms with Gasteiger partial charge in [-0.15, -0.1) is 0 Å². The number of halogens is 2. The van der Waals surface area contributed by atoms with Gasteiger partial charge in [0.25, 0.3) is 0 Å². The van der Waals surface area contributed by atoms with E-state index in [-0.39, 0.29) is 11.0 Å². The topological polar surface area (TPSA) is 38.7 Å². The molecule has 5 heteroatoms. The van der Waals surface area contributed by atoms with Crippen LogP contribution in [-0.2, 0) is 0 Å². The zero-order chi connectivity index (χ0) is 12.5. The molecule has 1 aromatic carbocycles. The molecule has 0 radical (unpaired) electrons. The summed E-state index contributed by atoms with van der Waals surface area (Å²) < 4.78 is 13.8. The third-order valence-corrected chi connectivity index (χ3v) is 2.80. The van der Waals surface area contributed by atoms with Crippen LogP contribution in [0.25, 0.3) is 22.2 Å². The summed E-state index contributed by atoms with van der Waals surface area (Å²) in [6.45, 7) is 0. The maximum atomic E-state index is 13.8. The second kappa shape index (κ2) is 4.31. The van der Waals surface area contributed by atoms with Crippen LogP contribution >= 0.6 is 11.6 Å². The molecule has 2 aromatic heterocycles. The number of pyridine rings is 1. The van der Waals surface area contributed by atoms with Gasteiger partial charge >= 0.3 is 0 Å². The second-order valence-corrected chi connectivity index (χ2v) is 4.05. The van der Waals surface area contributed by atoms with E-state index in [2.05, 4.69) is 15.0 Å². The third-order valence-electron chi connectivity index (χ3n) is 2.62. The number of benzene rings is 1. The zero-order valence-corrected chi connectivity index (χ0v) is 9.89. The predicted octanol–water partition coefficient (Wildman–Crippen LogP) is 3.48. The molecular weight excluding hydrogens is 253 g/mol. The monoisotopic (exact) mass is 259 g/mol. The molecule has 0 amide bonds. The highest BCUT2D eigenvalue weighted by Gasteiger charge is 2.11. The lowest BCUT2D eigenvalue weighted by Gasteiger charge is -2.06. The number of fused-ring (bicyclic) bond motifs is 1. The van der Waals surface area contributed by atoms with Crippen LogP contribution in [0.2, 0.25) is 5.28 Å². The minimum absolute atomic E-state index is 0.0206. The van der Waals surface area contributed by atoms with Crippen molar-refractivity contribution in [3.05, 3.63) is 53.8 Å². The summed E-state index contributed by atoms with van der Waals surface area (Å²) in [5.41, 5.74) is 1.63. The zero-order valence-electron chi connectivity index (χ0n) is 9.14. The first kappa shape index (κ1) is 11.0. The van der Waals surface area contributed by atoms with Gasteiger partial charge in [-0.3, -0.25) is 4.98 Å². The van der Waals surface area contributed by atoms with Crippen molar-refractivity contribution < 1.29 is 4.39 Å². The summed E-state index contributed by atoms with van der Waals surface area (Å²) in [5.74, 6) is -0.504. The van der Waals surface area contributed by atoms with Crippen LogP contribution in [0, 0.1) is 5.82 Å². The highest BCUT2D eigenvalue weighted by atomic mass is 35.5. The Kier molecular flexibility index (Phi) is 2.64. The van der Waals surface area contributed by atoms with Crippen LogP contribution in [0.15, 0.2) is 42.7 Å². The molecule has 0 atom stereocenters. The van der Waals surface area contributed by atoms with Crippen molar-refractivity contribution in [3.63, 3.8) is 0 Å². The number of aromatic nitrogens is 3. The lowest BCUT2D eigenvalue weighted by molar-refractivity contribution is 0.618. The molecular formula is C13H7ClFN3. The average molecular weight is 260 g/mol. The fourth-order valence-corrected chi connectivity index (χ4v) is 1.98. The number of hydrogen-bond acceptors (Lipinski definition) is 3. The Labute approximate surface area is 107 Å². The molecule has 2 heterocycles. The molecule has 0 saturated carbocycles. The summed E-state index contributed by atoms with van der Waals surface area (Å²) in [6.07, 6.45) is 2.76. The van der Waals surface area contributed by atoms with E-state index in [0.717, 1.165) is 17.1 Å². The van der Waals surface area contributed by atoms with Crippen molar-refractivity contribution in [2.45, 2.75) is 0 Å². The van der Waals surface area contributed by atoms with Crippen LogP contribution in [0.5, 0.6) is 0 Å². The molecule has 0 N–H and O–H groups in total. The van der Waals surface area contributed by atoms with Crippen LogP contribution in [0.3, 0.4) is 0 Å². The number of hydrogen-bond donors (Lipinski definition) is 0. The Balaban J connectivity index is 2.35. The maximum Gasteiger partial charge on any atom is 0.223 e. The van der Waals surface area contributed by atoms with Gasteiger partial charge in [0.15, 0.2) is 5.82 Å². The van der Waals surface area contributed by atoms with Gasteiger partial charge in [0.2, 0.25) is 5.28 Å². The Morgan fingerprint density at radius 1 is 1.06 bits per heavy atom. The molecule has 0 spiro atoms. The second-order valence-electron chi connectivity index (χ2n) is 3.71. The Bertz CT molecular complexity index is 725. The first-order chi connectivity index (χ1) is 8.75. The molecule has 0 aliphatic heterocycles. The maximum absolute atomic E-state index is 13.8. The van der Waals surface area contributed by atoms with Gasteiger partial charge in [-0.25, -0.2) is 14.4 Å². The first-order valence-corrected chi connectivity index (χ1v) is 5.65. The Morgan fingerprint density at radius 2 is 1.94 bits per heavy atom. The molecule has 18 heavy (non-hydrogen) atoms. The highest BCUT2D eigenvalue weighted by Crippen LogP contribution is 2.28. The van der Waals surface area contributed by atoms with Gasteiger partial charge in [-0.2, -0.15) is 0 Å². The summed E-state index contributed by atoms with van der Waals surface area (Å²) in [5, 5.41) is 0.848. The van der Waals surface area contributed by atoms with E-state index >= 15 is 0 Å². The van der Waals surface area contributed by atoms with Crippen LogP contribution in [0.4, 0.5) is 4.39 Å². The van der Waals surface area contributed by atoms with Crippen molar-refractivity contribution in [3.8, 4) is 11.3 Å². The quantitative estimate of drug-likeness (QED) is 0.628. The van der Waals surface area contributed by atoms with E-state index in [4.69, 9.17) is 11.6 Å². The minimum Gasteiger partial charge on any atom is -0.256 e. The summed E-state index contributed by atoms with van der Waals surface area (Å²) >= 11 is 5.71. The molecule has 0 aliphatic rings. The van der Waals surface area contributed by atoms with E-state index in [1.54, 1.807) is 24.4 Å². The molecule has 0 aliphatic carbocycles. The Hall–Kier alpha value is -2.07. The fraction of sp³-hybridized carbons (Fsp3) is 0. The van der Waals surface area contributed by atoms with Gasteiger partial charge in [0, 0.05) is 17.1 Å². The van der Waals surface area contributed by atoms with E-state index < -0.39 is 5.82 Å². The standard InChI is InChI=1S/C13H7ClFN3/c14-13-17-7-10(15)12(18-13)9-3-1-5-11-8(9)4-2-6-16-11/h1-7H. The van der Waals surface area contributed by atoms with Crippen LogP contribution in [0.1, 0.15) is 0 Å². The molecule has 88 valence electrons.